The predicted molar refractivity (Wildman–Crippen MR) is 71.8 cm³/mol. The molecule has 0 aliphatic heterocycles. The molecule has 2 aromatic heterocycles. The largest absolute Gasteiger partial charge is 0.336 e. The van der Waals surface area contributed by atoms with Crippen molar-refractivity contribution in [2.24, 2.45) is 0 Å². The maximum Gasteiger partial charge on any atom is 0.170 e. The molecular weight excluding hydrogens is 264 g/mol. The Morgan fingerprint density at radius 3 is 2.63 bits per heavy atom. The molecule has 0 saturated heterocycles. The summed E-state index contributed by atoms with van der Waals surface area (Å²) in [5, 5.41) is 8.34. The molecule has 1 aromatic carbocycles. The smallest absolute Gasteiger partial charge is 0.170 e. The number of nitrogens with two attached hydrogens (primary N) is 1. The highest BCUT2D eigenvalue weighted by molar-refractivity contribution is 6.33. The molecule has 0 unspecified atom stereocenters. The van der Waals surface area contributed by atoms with E-state index in [-0.39, 0.29) is 10.6 Å². The average molecular weight is 273 g/mol. The second kappa shape index (κ2) is 4.33. The van der Waals surface area contributed by atoms with Gasteiger partial charge < -0.3 is 5.84 Å². The Bertz CT molecular complexity index is 812. The van der Waals surface area contributed by atoms with Crippen molar-refractivity contribution in [1.29, 1.82) is 5.41 Å². The fourth-order valence-corrected chi connectivity index (χ4v) is 1.99. The quantitative estimate of drug-likeness (QED) is 0.516. The highest BCUT2D eigenvalue weighted by atomic mass is 35.5. The lowest BCUT2D eigenvalue weighted by atomic mass is 10.2. The van der Waals surface area contributed by atoms with E-state index in [4.69, 9.17) is 22.9 Å². The summed E-state index contributed by atoms with van der Waals surface area (Å²) in [6, 6.07) is 9.44. The molecule has 0 spiro atoms. The lowest BCUT2D eigenvalue weighted by Crippen LogP contribution is -2.28. The van der Waals surface area contributed by atoms with Gasteiger partial charge in [-0.05, 0) is 0 Å². The van der Waals surface area contributed by atoms with E-state index in [1.165, 1.54) is 6.33 Å². The van der Waals surface area contributed by atoms with Crippen LogP contribution in [0, 0.1) is 5.41 Å². The molecule has 0 aliphatic rings. The Balaban J connectivity index is 2.33. The summed E-state index contributed by atoms with van der Waals surface area (Å²) in [6.45, 7) is 0. The molecule has 0 amide bonds. The standard InChI is InChI=1S/C12H9ClN6/c13-9-8-10(14)19(15)6-16-12(8)18-11(17-9)7-4-2-1-3-5-7/h1-6,14H,15H2. The van der Waals surface area contributed by atoms with E-state index < -0.39 is 0 Å². The van der Waals surface area contributed by atoms with Gasteiger partial charge in [0.15, 0.2) is 17.0 Å². The lowest BCUT2D eigenvalue weighted by Gasteiger charge is -2.05. The number of hydrogen-bond donors (Lipinski definition) is 2. The molecule has 3 N–H and O–H groups in total. The van der Waals surface area contributed by atoms with Crippen LogP contribution >= 0.6 is 11.6 Å². The Kier molecular flexibility index (Phi) is 2.64. The first-order valence-electron chi connectivity index (χ1n) is 5.47. The zero-order chi connectivity index (χ0) is 13.4. The van der Waals surface area contributed by atoms with Gasteiger partial charge in [0.25, 0.3) is 0 Å². The third-order valence-electron chi connectivity index (χ3n) is 2.68. The van der Waals surface area contributed by atoms with Crippen molar-refractivity contribution in [3.05, 3.63) is 47.3 Å². The molecule has 3 aromatic rings. The Hall–Kier alpha value is -2.47. The third kappa shape index (κ3) is 1.92. The Labute approximate surface area is 113 Å². The summed E-state index contributed by atoms with van der Waals surface area (Å²) < 4.78 is 1.07. The highest BCUT2D eigenvalue weighted by Gasteiger charge is 2.11. The number of benzene rings is 1. The molecule has 7 heteroatoms. The summed E-state index contributed by atoms with van der Waals surface area (Å²) >= 11 is 6.11. The second-order valence-corrected chi connectivity index (χ2v) is 4.26. The Morgan fingerprint density at radius 1 is 1.16 bits per heavy atom. The van der Waals surface area contributed by atoms with Crippen LogP contribution in [-0.2, 0) is 0 Å². The van der Waals surface area contributed by atoms with Crippen LogP contribution in [-0.4, -0.2) is 19.6 Å². The van der Waals surface area contributed by atoms with Gasteiger partial charge in [0, 0.05) is 5.56 Å². The van der Waals surface area contributed by atoms with Gasteiger partial charge in [0.2, 0.25) is 0 Å². The van der Waals surface area contributed by atoms with Crippen molar-refractivity contribution >= 4 is 22.6 Å². The topological polar surface area (TPSA) is 93.5 Å². The normalized spacial score (nSPS) is 10.8. The third-order valence-corrected chi connectivity index (χ3v) is 2.95. The maximum atomic E-state index is 7.84. The first kappa shape index (κ1) is 11.6. The van der Waals surface area contributed by atoms with Crippen LogP contribution in [0.15, 0.2) is 36.7 Å². The zero-order valence-corrected chi connectivity index (χ0v) is 10.5. The molecule has 3 rings (SSSR count). The summed E-state index contributed by atoms with van der Waals surface area (Å²) in [6.07, 6.45) is 1.32. The van der Waals surface area contributed by atoms with E-state index in [2.05, 4.69) is 15.0 Å². The molecule has 2 heterocycles. The first-order chi connectivity index (χ1) is 9.16. The minimum atomic E-state index is 0.0228. The van der Waals surface area contributed by atoms with Crippen LogP contribution in [0.4, 0.5) is 0 Å². The van der Waals surface area contributed by atoms with E-state index in [0.29, 0.717) is 16.9 Å². The second-order valence-electron chi connectivity index (χ2n) is 3.90. The van der Waals surface area contributed by atoms with Crippen molar-refractivity contribution in [1.82, 2.24) is 19.6 Å². The van der Waals surface area contributed by atoms with Crippen LogP contribution in [0.1, 0.15) is 0 Å². The minimum absolute atomic E-state index is 0.0228. The number of aromatic nitrogens is 4. The van der Waals surface area contributed by atoms with Crippen LogP contribution in [0.2, 0.25) is 5.15 Å². The van der Waals surface area contributed by atoms with Gasteiger partial charge >= 0.3 is 0 Å². The van der Waals surface area contributed by atoms with E-state index in [0.717, 1.165) is 10.2 Å². The molecule has 0 bridgehead atoms. The number of rotatable bonds is 1. The Morgan fingerprint density at radius 2 is 1.89 bits per heavy atom. The number of hydrogen-bond acceptors (Lipinski definition) is 5. The first-order valence-corrected chi connectivity index (χ1v) is 5.84. The molecule has 19 heavy (non-hydrogen) atoms. The molecule has 0 fully saturated rings. The van der Waals surface area contributed by atoms with Crippen molar-refractivity contribution in [3.8, 4) is 11.4 Å². The van der Waals surface area contributed by atoms with Gasteiger partial charge in [0.05, 0.1) is 0 Å². The summed E-state index contributed by atoms with van der Waals surface area (Å²) in [5.74, 6) is 6.03. The van der Waals surface area contributed by atoms with E-state index >= 15 is 0 Å². The molecule has 0 atom stereocenters. The predicted octanol–water partition coefficient (Wildman–Crippen LogP) is 1.34. The van der Waals surface area contributed by atoms with Crippen molar-refractivity contribution in [2.45, 2.75) is 0 Å². The molecule has 0 saturated carbocycles. The number of nitrogens with zero attached hydrogens (tertiary/aromatic N) is 4. The zero-order valence-electron chi connectivity index (χ0n) is 9.71. The van der Waals surface area contributed by atoms with Crippen LogP contribution in [0.25, 0.3) is 22.4 Å². The molecule has 0 radical (unpaired) electrons. The fraction of sp³-hybridized carbons (Fsp3) is 0. The van der Waals surface area contributed by atoms with E-state index in [1.807, 2.05) is 30.3 Å². The number of fused-ring (bicyclic) bond motifs is 1. The highest BCUT2D eigenvalue weighted by Crippen LogP contribution is 2.20. The van der Waals surface area contributed by atoms with Crippen LogP contribution in [0.5, 0.6) is 0 Å². The van der Waals surface area contributed by atoms with Crippen molar-refractivity contribution < 1.29 is 0 Å². The van der Waals surface area contributed by atoms with E-state index in [1.54, 1.807) is 0 Å². The van der Waals surface area contributed by atoms with Gasteiger partial charge in [-0.15, -0.1) is 0 Å². The van der Waals surface area contributed by atoms with Crippen LogP contribution in [0.3, 0.4) is 0 Å². The van der Waals surface area contributed by atoms with Gasteiger partial charge in [0.1, 0.15) is 16.9 Å². The van der Waals surface area contributed by atoms with Crippen molar-refractivity contribution in [3.63, 3.8) is 0 Å². The molecular formula is C12H9ClN6. The molecule has 0 aliphatic carbocycles. The van der Waals surface area contributed by atoms with Gasteiger partial charge in [-0.3, -0.25) is 5.41 Å². The molecule has 94 valence electrons. The minimum Gasteiger partial charge on any atom is -0.336 e. The van der Waals surface area contributed by atoms with Gasteiger partial charge in [-0.1, -0.05) is 41.9 Å². The van der Waals surface area contributed by atoms with Crippen LogP contribution < -0.4 is 11.3 Å². The summed E-state index contributed by atoms with van der Waals surface area (Å²) in [5.41, 5.74) is 1.21. The average Bonchev–Trinajstić information content (AvgIpc) is 2.43. The lowest BCUT2D eigenvalue weighted by molar-refractivity contribution is 0.861. The SMILES string of the molecule is N=c1c2c(Cl)nc(-c3ccccc3)nc2ncn1N. The van der Waals surface area contributed by atoms with Gasteiger partial charge in [-0.2, -0.15) is 0 Å². The van der Waals surface area contributed by atoms with Gasteiger partial charge in [-0.25, -0.2) is 19.6 Å². The summed E-state index contributed by atoms with van der Waals surface area (Å²) in [4.78, 5) is 12.6. The summed E-state index contributed by atoms with van der Waals surface area (Å²) in [7, 11) is 0. The maximum absolute atomic E-state index is 7.84. The molecule has 6 nitrogen and oxygen atoms in total. The fourth-order valence-electron chi connectivity index (χ4n) is 1.74. The number of nitrogens with one attached hydrogen (secondary N) is 1. The van der Waals surface area contributed by atoms with Crippen molar-refractivity contribution in [2.75, 3.05) is 5.84 Å². The number of halogens is 1. The van der Waals surface area contributed by atoms with E-state index in [9.17, 15) is 0 Å². The number of nitrogen functional groups attached to an aromatic ring is 1. The monoisotopic (exact) mass is 272 g/mol.